The van der Waals surface area contributed by atoms with E-state index in [1.807, 2.05) is 6.20 Å². The van der Waals surface area contributed by atoms with Gasteiger partial charge in [-0.3, -0.25) is 4.68 Å². The van der Waals surface area contributed by atoms with Crippen molar-refractivity contribution in [3.63, 3.8) is 0 Å². The quantitative estimate of drug-likeness (QED) is 0.867. The Bertz CT molecular complexity index is 443. The maximum absolute atomic E-state index is 5.56. The van der Waals surface area contributed by atoms with Gasteiger partial charge in [0.2, 0.25) is 0 Å². The number of hydrogen-bond acceptors (Lipinski definition) is 3. The second-order valence-corrected chi connectivity index (χ2v) is 7.09. The SMILES string of the molecule is CCCn1ncc(OC)c1C(NC)C1CCC(C)(C)CC1. The van der Waals surface area contributed by atoms with Gasteiger partial charge in [0, 0.05) is 6.54 Å². The molecule has 1 atom stereocenters. The smallest absolute Gasteiger partial charge is 0.161 e. The Kier molecular flexibility index (Phi) is 5.31. The predicted octanol–water partition coefficient (Wildman–Crippen LogP) is 3.78. The molecule has 4 nitrogen and oxygen atoms in total. The van der Waals surface area contributed by atoms with E-state index in [0.717, 1.165) is 18.7 Å². The van der Waals surface area contributed by atoms with Crippen LogP contribution >= 0.6 is 0 Å². The largest absolute Gasteiger partial charge is 0.493 e. The maximum Gasteiger partial charge on any atom is 0.161 e. The van der Waals surface area contributed by atoms with E-state index in [4.69, 9.17) is 4.74 Å². The van der Waals surface area contributed by atoms with Crippen molar-refractivity contribution in [2.75, 3.05) is 14.2 Å². The molecule has 1 aliphatic rings. The molecule has 1 unspecified atom stereocenters. The molecule has 1 N–H and O–H groups in total. The Morgan fingerprint density at radius 3 is 2.62 bits per heavy atom. The number of nitrogens with zero attached hydrogens (tertiary/aromatic N) is 2. The average molecular weight is 293 g/mol. The second-order valence-electron chi connectivity index (χ2n) is 7.09. The van der Waals surface area contributed by atoms with Gasteiger partial charge in [-0.2, -0.15) is 5.10 Å². The first-order chi connectivity index (χ1) is 10.0. The highest BCUT2D eigenvalue weighted by atomic mass is 16.5. The minimum absolute atomic E-state index is 0.338. The first-order valence-corrected chi connectivity index (χ1v) is 8.29. The number of aromatic nitrogens is 2. The summed E-state index contributed by atoms with van der Waals surface area (Å²) in [4.78, 5) is 0. The summed E-state index contributed by atoms with van der Waals surface area (Å²) in [5.74, 6) is 1.59. The van der Waals surface area contributed by atoms with Crippen molar-refractivity contribution in [3.8, 4) is 5.75 Å². The lowest BCUT2D eigenvalue weighted by Gasteiger charge is -2.38. The number of nitrogens with one attached hydrogen (secondary N) is 1. The number of aryl methyl sites for hydroxylation is 1. The topological polar surface area (TPSA) is 39.1 Å². The van der Waals surface area contributed by atoms with E-state index < -0.39 is 0 Å². The molecule has 0 bridgehead atoms. The van der Waals surface area contributed by atoms with Crippen LogP contribution in [0.1, 0.15) is 64.6 Å². The summed E-state index contributed by atoms with van der Waals surface area (Å²) < 4.78 is 7.69. The van der Waals surface area contributed by atoms with Gasteiger partial charge >= 0.3 is 0 Å². The molecule has 0 saturated heterocycles. The van der Waals surface area contributed by atoms with Gasteiger partial charge in [-0.1, -0.05) is 20.8 Å². The summed E-state index contributed by atoms with van der Waals surface area (Å²) in [7, 11) is 3.81. The van der Waals surface area contributed by atoms with Crippen LogP contribution in [0, 0.1) is 11.3 Å². The molecule has 1 aromatic heterocycles. The molecular formula is C17H31N3O. The lowest BCUT2D eigenvalue weighted by atomic mass is 9.70. The van der Waals surface area contributed by atoms with Crippen molar-refractivity contribution >= 4 is 0 Å². The van der Waals surface area contributed by atoms with Gasteiger partial charge in [0.15, 0.2) is 5.75 Å². The van der Waals surface area contributed by atoms with Crippen LogP contribution in [0.2, 0.25) is 0 Å². The summed E-state index contributed by atoms with van der Waals surface area (Å²) in [6, 6.07) is 0.338. The van der Waals surface area contributed by atoms with Crippen LogP contribution in [0.5, 0.6) is 5.75 Å². The molecule has 4 heteroatoms. The third-order valence-corrected chi connectivity index (χ3v) is 4.96. The Morgan fingerprint density at radius 1 is 1.43 bits per heavy atom. The molecular weight excluding hydrogens is 262 g/mol. The molecule has 1 heterocycles. The van der Waals surface area contributed by atoms with Crippen LogP contribution in [0.25, 0.3) is 0 Å². The summed E-state index contributed by atoms with van der Waals surface area (Å²) >= 11 is 0. The predicted molar refractivity (Wildman–Crippen MR) is 86.6 cm³/mol. The molecule has 1 saturated carbocycles. The van der Waals surface area contributed by atoms with E-state index in [2.05, 4.69) is 42.9 Å². The Hall–Kier alpha value is -1.03. The third-order valence-electron chi connectivity index (χ3n) is 4.96. The lowest BCUT2D eigenvalue weighted by molar-refractivity contribution is 0.159. The van der Waals surface area contributed by atoms with Gasteiger partial charge in [-0.25, -0.2) is 0 Å². The number of hydrogen-bond donors (Lipinski definition) is 1. The van der Waals surface area contributed by atoms with E-state index in [-0.39, 0.29) is 0 Å². The van der Waals surface area contributed by atoms with Gasteiger partial charge in [0.25, 0.3) is 0 Å². The molecule has 1 aromatic rings. The zero-order valence-corrected chi connectivity index (χ0v) is 14.3. The van der Waals surface area contributed by atoms with Crippen LogP contribution in [-0.4, -0.2) is 23.9 Å². The third kappa shape index (κ3) is 3.60. The van der Waals surface area contributed by atoms with E-state index in [1.165, 1.54) is 31.4 Å². The average Bonchev–Trinajstić information content (AvgIpc) is 2.85. The highest BCUT2D eigenvalue weighted by Crippen LogP contribution is 2.44. The van der Waals surface area contributed by atoms with Crippen LogP contribution in [0.3, 0.4) is 0 Å². The standard InChI is InChI=1S/C17H31N3O/c1-6-11-20-16(14(21-5)12-19-20)15(18-4)13-7-9-17(2,3)10-8-13/h12-13,15,18H,6-11H2,1-5H3. The maximum atomic E-state index is 5.56. The first-order valence-electron chi connectivity index (χ1n) is 8.29. The summed E-state index contributed by atoms with van der Waals surface area (Å²) in [6.45, 7) is 7.92. The Morgan fingerprint density at radius 2 is 2.10 bits per heavy atom. The molecule has 1 aliphatic carbocycles. The minimum atomic E-state index is 0.338. The number of methoxy groups -OCH3 is 1. The minimum Gasteiger partial charge on any atom is -0.493 e. The van der Waals surface area contributed by atoms with Crippen molar-refractivity contribution in [3.05, 3.63) is 11.9 Å². The van der Waals surface area contributed by atoms with E-state index >= 15 is 0 Å². The van der Waals surface area contributed by atoms with Crippen molar-refractivity contribution in [1.82, 2.24) is 15.1 Å². The van der Waals surface area contributed by atoms with Crippen molar-refractivity contribution in [2.24, 2.45) is 11.3 Å². The lowest BCUT2D eigenvalue weighted by Crippen LogP contribution is -2.32. The molecule has 0 aromatic carbocycles. The van der Waals surface area contributed by atoms with Crippen LogP contribution in [-0.2, 0) is 6.54 Å². The summed E-state index contributed by atoms with van der Waals surface area (Å²) in [5, 5.41) is 8.05. The van der Waals surface area contributed by atoms with Gasteiger partial charge in [0.05, 0.1) is 25.0 Å². The number of rotatable bonds is 6. The summed E-state index contributed by atoms with van der Waals surface area (Å²) in [5.41, 5.74) is 1.73. The fourth-order valence-electron chi connectivity index (χ4n) is 3.59. The van der Waals surface area contributed by atoms with Crippen LogP contribution in [0.4, 0.5) is 0 Å². The van der Waals surface area contributed by atoms with Gasteiger partial charge in [-0.15, -0.1) is 0 Å². The van der Waals surface area contributed by atoms with Crippen molar-refractivity contribution < 1.29 is 4.74 Å². The van der Waals surface area contributed by atoms with Gasteiger partial charge in [-0.05, 0) is 50.5 Å². The van der Waals surface area contributed by atoms with Crippen LogP contribution in [0.15, 0.2) is 6.20 Å². The second kappa shape index (κ2) is 6.82. The Balaban J connectivity index is 2.23. The normalized spacial score (nSPS) is 20.4. The number of ether oxygens (including phenoxy) is 1. The van der Waals surface area contributed by atoms with Gasteiger partial charge in [0.1, 0.15) is 0 Å². The molecule has 0 aliphatic heterocycles. The fourth-order valence-corrected chi connectivity index (χ4v) is 3.59. The van der Waals surface area contributed by atoms with E-state index in [1.54, 1.807) is 7.11 Å². The molecule has 2 rings (SSSR count). The van der Waals surface area contributed by atoms with Crippen molar-refractivity contribution in [1.29, 1.82) is 0 Å². The molecule has 0 spiro atoms. The zero-order valence-electron chi connectivity index (χ0n) is 14.3. The molecule has 1 fully saturated rings. The Labute approximate surface area is 129 Å². The van der Waals surface area contributed by atoms with Gasteiger partial charge < -0.3 is 10.1 Å². The fraction of sp³-hybridized carbons (Fsp3) is 0.824. The van der Waals surface area contributed by atoms with Crippen LogP contribution < -0.4 is 10.1 Å². The highest BCUT2D eigenvalue weighted by Gasteiger charge is 2.34. The zero-order chi connectivity index (χ0) is 15.5. The van der Waals surface area contributed by atoms with E-state index in [9.17, 15) is 0 Å². The van der Waals surface area contributed by atoms with Crippen molar-refractivity contribution in [2.45, 2.75) is 65.5 Å². The molecule has 120 valence electrons. The highest BCUT2D eigenvalue weighted by molar-refractivity contribution is 5.29. The monoisotopic (exact) mass is 293 g/mol. The first kappa shape index (κ1) is 16.3. The molecule has 0 radical (unpaired) electrons. The van der Waals surface area contributed by atoms with E-state index in [0.29, 0.717) is 17.4 Å². The molecule has 21 heavy (non-hydrogen) atoms. The molecule has 0 amide bonds. The summed E-state index contributed by atoms with van der Waals surface area (Å²) in [6.07, 6.45) is 8.12.